The number of carbonyl (C=O) groups excluding carboxylic acids is 2. The first-order chi connectivity index (χ1) is 11.4. The first kappa shape index (κ1) is 17.4. The Kier molecular flexibility index (Phi) is 4.92. The average molecular weight is 352 g/mol. The van der Waals surface area contributed by atoms with Gasteiger partial charge in [-0.2, -0.15) is 0 Å². The molecule has 0 aliphatic carbocycles. The number of epoxide rings is 1. The molecule has 3 heterocycles. The molecule has 1 atom stereocenters. The number of thiazole rings is 1. The molecule has 1 amide bonds. The summed E-state index contributed by atoms with van der Waals surface area (Å²) in [5.41, 5.74) is 0.188. The van der Waals surface area contributed by atoms with Crippen molar-refractivity contribution in [3.05, 3.63) is 15.6 Å². The van der Waals surface area contributed by atoms with E-state index in [9.17, 15) is 9.59 Å². The summed E-state index contributed by atoms with van der Waals surface area (Å²) < 4.78 is 10.3. The van der Waals surface area contributed by atoms with E-state index in [1.54, 1.807) is 6.92 Å². The van der Waals surface area contributed by atoms with Gasteiger partial charge in [-0.1, -0.05) is 0 Å². The van der Waals surface area contributed by atoms with Gasteiger partial charge in [0.15, 0.2) is 5.60 Å². The van der Waals surface area contributed by atoms with Crippen LogP contribution in [0.3, 0.4) is 0 Å². The van der Waals surface area contributed by atoms with Crippen molar-refractivity contribution in [2.24, 2.45) is 5.92 Å². The predicted octanol–water partition coefficient (Wildman–Crippen LogP) is 2.20. The summed E-state index contributed by atoms with van der Waals surface area (Å²) in [5, 5.41) is 0.984. The smallest absolute Gasteiger partial charge is 0.350 e. The molecule has 2 saturated heterocycles. The van der Waals surface area contributed by atoms with Crippen LogP contribution in [-0.2, 0) is 20.7 Å². The molecule has 24 heavy (non-hydrogen) atoms. The van der Waals surface area contributed by atoms with Crippen LogP contribution in [-0.4, -0.2) is 53.7 Å². The van der Waals surface area contributed by atoms with Crippen LogP contribution < -0.4 is 0 Å². The second-order valence-electron chi connectivity index (χ2n) is 6.70. The number of aryl methyl sites for hydroxylation is 1. The third kappa shape index (κ3) is 3.62. The van der Waals surface area contributed by atoms with Gasteiger partial charge in [0, 0.05) is 19.5 Å². The molecule has 0 spiro atoms. The number of hydrogen-bond donors (Lipinski definition) is 0. The molecule has 7 heteroatoms. The molecule has 6 nitrogen and oxygen atoms in total. The lowest BCUT2D eigenvalue weighted by Gasteiger charge is -2.32. The molecule has 2 aliphatic heterocycles. The number of rotatable bonds is 5. The zero-order chi connectivity index (χ0) is 17.3. The fourth-order valence-electron chi connectivity index (χ4n) is 3.08. The van der Waals surface area contributed by atoms with Crippen LogP contribution in [0.2, 0.25) is 0 Å². The molecule has 2 aliphatic rings. The maximum atomic E-state index is 12.3. The molecule has 1 unspecified atom stereocenters. The largest absolute Gasteiger partial charge is 0.462 e. The van der Waals surface area contributed by atoms with E-state index in [4.69, 9.17) is 9.47 Å². The molecule has 132 valence electrons. The van der Waals surface area contributed by atoms with Crippen molar-refractivity contribution in [3.63, 3.8) is 0 Å². The first-order valence-electron chi connectivity index (χ1n) is 8.49. The van der Waals surface area contributed by atoms with Gasteiger partial charge in [-0.25, -0.2) is 9.78 Å². The third-order valence-corrected chi connectivity index (χ3v) is 5.86. The van der Waals surface area contributed by atoms with Gasteiger partial charge in [-0.15, -0.1) is 11.3 Å². The van der Waals surface area contributed by atoms with Gasteiger partial charge in [-0.3, -0.25) is 4.79 Å². The Hall–Kier alpha value is -1.47. The number of amides is 1. The zero-order valence-electron chi connectivity index (χ0n) is 14.5. The van der Waals surface area contributed by atoms with Crippen molar-refractivity contribution in [2.45, 2.75) is 45.6 Å². The first-order valence-corrected chi connectivity index (χ1v) is 9.31. The van der Waals surface area contributed by atoms with E-state index < -0.39 is 5.60 Å². The van der Waals surface area contributed by atoms with Gasteiger partial charge in [0.25, 0.3) is 5.91 Å². The number of aromatic nitrogens is 1. The summed E-state index contributed by atoms with van der Waals surface area (Å²) in [5.74, 6) is 0.343. The monoisotopic (exact) mass is 352 g/mol. The molecule has 0 saturated carbocycles. The highest BCUT2D eigenvalue weighted by atomic mass is 32.1. The minimum Gasteiger partial charge on any atom is -0.462 e. The number of nitrogens with zero attached hydrogens (tertiary/aromatic N) is 2. The lowest BCUT2D eigenvalue weighted by atomic mass is 9.93. The highest BCUT2D eigenvalue weighted by Crippen LogP contribution is 2.31. The Morgan fingerprint density at radius 1 is 1.42 bits per heavy atom. The lowest BCUT2D eigenvalue weighted by molar-refractivity contribution is -0.137. The second kappa shape index (κ2) is 6.80. The summed E-state index contributed by atoms with van der Waals surface area (Å²) in [6.07, 6.45) is 2.80. The average Bonchev–Trinajstić information content (AvgIpc) is 3.20. The third-order valence-electron chi connectivity index (χ3n) is 4.70. The van der Waals surface area contributed by atoms with E-state index >= 15 is 0 Å². The molecule has 0 aromatic carbocycles. The molecule has 1 aromatic heterocycles. The number of ether oxygens (including phenoxy) is 2. The van der Waals surface area contributed by atoms with Crippen LogP contribution in [0.15, 0.2) is 0 Å². The van der Waals surface area contributed by atoms with Gasteiger partial charge in [-0.05, 0) is 39.5 Å². The number of piperidine rings is 1. The van der Waals surface area contributed by atoms with Crippen LogP contribution in [0.5, 0.6) is 0 Å². The van der Waals surface area contributed by atoms with Gasteiger partial charge >= 0.3 is 5.97 Å². The fourth-order valence-corrected chi connectivity index (χ4v) is 4.15. The number of carbonyl (C=O) groups is 2. The number of esters is 1. The van der Waals surface area contributed by atoms with E-state index in [1.165, 1.54) is 11.3 Å². The normalized spacial score (nSPS) is 24.0. The Labute approximate surface area is 146 Å². The van der Waals surface area contributed by atoms with Crippen molar-refractivity contribution in [2.75, 3.05) is 26.3 Å². The lowest BCUT2D eigenvalue weighted by Crippen LogP contribution is -2.44. The molecule has 2 fully saturated rings. The SMILES string of the molecule is CCOC(=O)c1sc(CC2CCN(C(=O)C3(C)CO3)CC2)nc1C. The summed E-state index contributed by atoms with van der Waals surface area (Å²) in [6, 6.07) is 0. The molecule has 0 radical (unpaired) electrons. The van der Waals surface area contributed by atoms with Crippen molar-refractivity contribution >= 4 is 23.2 Å². The Morgan fingerprint density at radius 3 is 2.67 bits per heavy atom. The number of likely N-dealkylation sites (tertiary alicyclic amines) is 1. The van der Waals surface area contributed by atoms with E-state index in [1.807, 2.05) is 18.7 Å². The van der Waals surface area contributed by atoms with Gasteiger partial charge in [0.05, 0.1) is 23.9 Å². The maximum Gasteiger partial charge on any atom is 0.350 e. The van der Waals surface area contributed by atoms with E-state index in [0.29, 0.717) is 24.0 Å². The quantitative estimate of drug-likeness (QED) is 0.600. The molecule has 1 aromatic rings. The second-order valence-corrected chi connectivity index (χ2v) is 7.79. The van der Waals surface area contributed by atoms with Crippen molar-refractivity contribution < 1.29 is 19.1 Å². The highest BCUT2D eigenvalue weighted by molar-refractivity contribution is 7.13. The summed E-state index contributed by atoms with van der Waals surface area (Å²) in [7, 11) is 0. The summed E-state index contributed by atoms with van der Waals surface area (Å²) in [4.78, 5) is 31.2. The Balaban J connectivity index is 1.54. The van der Waals surface area contributed by atoms with E-state index in [2.05, 4.69) is 4.98 Å². The van der Waals surface area contributed by atoms with Gasteiger partial charge in [0.1, 0.15) is 4.88 Å². The Morgan fingerprint density at radius 2 is 2.08 bits per heavy atom. The Bertz CT molecular complexity index is 631. The van der Waals surface area contributed by atoms with Crippen LogP contribution >= 0.6 is 11.3 Å². The van der Waals surface area contributed by atoms with Crippen LogP contribution in [0.25, 0.3) is 0 Å². The fraction of sp³-hybridized carbons (Fsp3) is 0.706. The zero-order valence-corrected chi connectivity index (χ0v) is 15.3. The van der Waals surface area contributed by atoms with Crippen LogP contribution in [0.4, 0.5) is 0 Å². The maximum absolute atomic E-state index is 12.3. The summed E-state index contributed by atoms with van der Waals surface area (Å²) >= 11 is 1.44. The van der Waals surface area contributed by atoms with Crippen molar-refractivity contribution in [3.8, 4) is 0 Å². The van der Waals surface area contributed by atoms with E-state index in [0.717, 1.165) is 43.1 Å². The molecular formula is C17H24N2O4S. The van der Waals surface area contributed by atoms with Gasteiger partial charge in [0.2, 0.25) is 0 Å². The van der Waals surface area contributed by atoms with E-state index in [-0.39, 0.29) is 11.9 Å². The van der Waals surface area contributed by atoms with Crippen molar-refractivity contribution in [1.82, 2.24) is 9.88 Å². The molecule has 0 N–H and O–H groups in total. The van der Waals surface area contributed by atoms with Gasteiger partial charge < -0.3 is 14.4 Å². The van der Waals surface area contributed by atoms with Crippen LogP contribution in [0.1, 0.15) is 47.1 Å². The molecule has 3 rings (SSSR count). The minimum atomic E-state index is -0.562. The topological polar surface area (TPSA) is 72.0 Å². The predicted molar refractivity (Wildman–Crippen MR) is 90.2 cm³/mol. The molecular weight excluding hydrogens is 328 g/mol. The summed E-state index contributed by atoms with van der Waals surface area (Å²) in [6.45, 7) is 7.98. The molecule has 0 bridgehead atoms. The highest BCUT2D eigenvalue weighted by Gasteiger charge is 2.49. The number of hydrogen-bond acceptors (Lipinski definition) is 6. The van der Waals surface area contributed by atoms with Crippen LogP contribution in [0, 0.1) is 12.8 Å². The standard InChI is InChI=1S/C17H24N2O4S/c1-4-22-15(20)14-11(2)18-13(24-14)9-12-5-7-19(8-6-12)16(21)17(3)10-23-17/h12H,4-10H2,1-3H3. The minimum absolute atomic E-state index is 0.121. The van der Waals surface area contributed by atoms with Crippen molar-refractivity contribution in [1.29, 1.82) is 0 Å².